The normalized spacial score (nSPS) is 13.2. The molecule has 0 spiro atoms. The van der Waals surface area contributed by atoms with Crippen LogP contribution in [0.15, 0.2) is 140 Å². The number of rotatable bonds is 3. The predicted molar refractivity (Wildman–Crippen MR) is 198 cm³/mol. The molecule has 0 saturated carbocycles. The topological polar surface area (TPSA) is 59.4 Å². The van der Waals surface area contributed by atoms with Crippen LogP contribution in [0.1, 0.15) is 30.5 Å². The third-order valence-corrected chi connectivity index (χ3v) is 10.4. The summed E-state index contributed by atoms with van der Waals surface area (Å²) in [7, 11) is 0. The molecule has 0 bridgehead atoms. The van der Waals surface area contributed by atoms with Crippen molar-refractivity contribution in [3.05, 3.63) is 156 Å². The van der Waals surface area contributed by atoms with Crippen LogP contribution >= 0.6 is 0 Å². The first-order chi connectivity index (χ1) is 24.0. The molecular formula is C44H29N5. The van der Waals surface area contributed by atoms with Crippen molar-refractivity contribution < 1.29 is 0 Å². The van der Waals surface area contributed by atoms with Gasteiger partial charge >= 0.3 is 0 Å². The van der Waals surface area contributed by atoms with Gasteiger partial charge in [-0.05, 0) is 64.7 Å². The Kier molecular flexibility index (Phi) is 5.63. The molecule has 5 heteroatoms. The zero-order valence-corrected chi connectivity index (χ0v) is 27.0. The summed E-state index contributed by atoms with van der Waals surface area (Å²) in [6.07, 6.45) is 0. The second-order valence-electron chi connectivity index (χ2n) is 13.4. The van der Waals surface area contributed by atoms with Crippen LogP contribution in [0.3, 0.4) is 0 Å². The minimum Gasteiger partial charge on any atom is -0.294 e. The highest BCUT2D eigenvalue weighted by molar-refractivity contribution is 6.10. The van der Waals surface area contributed by atoms with Gasteiger partial charge in [0.15, 0.2) is 5.82 Å². The Morgan fingerprint density at radius 2 is 0.939 bits per heavy atom. The molecule has 3 aromatic heterocycles. The van der Waals surface area contributed by atoms with Crippen LogP contribution in [0.5, 0.6) is 0 Å². The molecule has 6 aromatic carbocycles. The van der Waals surface area contributed by atoms with Crippen LogP contribution < -0.4 is 0 Å². The summed E-state index contributed by atoms with van der Waals surface area (Å²) < 4.78 is 4.54. The minimum atomic E-state index is -0.284. The molecule has 49 heavy (non-hydrogen) atoms. The van der Waals surface area contributed by atoms with E-state index >= 15 is 0 Å². The van der Waals surface area contributed by atoms with E-state index in [1.54, 1.807) is 0 Å². The summed E-state index contributed by atoms with van der Waals surface area (Å²) in [5.74, 6) is 2.27. The van der Waals surface area contributed by atoms with E-state index < -0.39 is 0 Å². The van der Waals surface area contributed by atoms with Gasteiger partial charge in [0.1, 0.15) is 11.6 Å². The smallest absolute Gasteiger partial charge is 0.163 e. The van der Waals surface area contributed by atoms with Crippen molar-refractivity contribution in [2.75, 3.05) is 0 Å². The van der Waals surface area contributed by atoms with Crippen LogP contribution in [0.2, 0.25) is 0 Å². The largest absolute Gasteiger partial charge is 0.294 e. The molecule has 3 heterocycles. The Balaban J connectivity index is 1.27. The van der Waals surface area contributed by atoms with Gasteiger partial charge in [-0.2, -0.15) is 5.26 Å². The molecule has 0 fully saturated rings. The zero-order chi connectivity index (χ0) is 32.9. The molecule has 9 aromatic rings. The van der Waals surface area contributed by atoms with Crippen molar-refractivity contribution in [3.8, 4) is 40.2 Å². The van der Waals surface area contributed by atoms with E-state index in [4.69, 9.17) is 9.97 Å². The van der Waals surface area contributed by atoms with Gasteiger partial charge in [-0.1, -0.05) is 105 Å². The standard InChI is InChI=1S/C44H29N5/c1-44(2)35-23-27(26-45)19-21-29(35)30-22-20-28(24-36(30)44)43-46-41(48-37-15-7-3-11-31(37)32-12-4-8-16-38(32)48)25-42(47-43)49-39-17-9-5-13-33(39)34-14-6-10-18-40(34)49/h3-25H,1-2H3. The predicted octanol–water partition coefficient (Wildman–Crippen LogP) is 10.5. The maximum absolute atomic E-state index is 9.65. The zero-order valence-electron chi connectivity index (χ0n) is 27.0. The monoisotopic (exact) mass is 627 g/mol. The number of hydrogen-bond donors (Lipinski definition) is 0. The summed E-state index contributed by atoms with van der Waals surface area (Å²) in [5, 5.41) is 14.4. The molecule has 0 N–H and O–H groups in total. The number of fused-ring (bicyclic) bond motifs is 9. The molecule has 10 rings (SSSR count). The van der Waals surface area contributed by atoms with Crippen molar-refractivity contribution in [2.24, 2.45) is 0 Å². The van der Waals surface area contributed by atoms with E-state index in [2.05, 4.69) is 156 Å². The van der Waals surface area contributed by atoms with Gasteiger partial charge < -0.3 is 0 Å². The van der Waals surface area contributed by atoms with Crippen LogP contribution in [-0.2, 0) is 5.41 Å². The number of nitriles is 1. The van der Waals surface area contributed by atoms with Gasteiger partial charge in [0, 0.05) is 38.6 Å². The highest BCUT2D eigenvalue weighted by atomic mass is 15.1. The third kappa shape index (κ3) is 3.86. The first-order valence-electron chi connectivity index (χ1n) is 16.6. The van der Waals surface area contributed by atoms with Gasteiger partial charge in [-0.15, -0.1) is 0 Å². The van der Waals surface area contributed by atoms with Crippen LogP contribution in [-0.4, -0.2) is 19.1 Å². The molecule has 0 saturated heterocycles. The second kappa shape index (κ2) is 10.00. The summed E-state index contributed by atoms with van der Waals surface area (Å²) >= 11 is 0. The van der Waals surface area contributed by atoms with E-state index in [0.29, 0.717) is 11.4 Å². The number of benzene rings is 6. The average Bonchev–Trinajstić information content (AvgIpc) is 3.74. The number of hydrogen-bond acceptors (Lipinski definition) is 3. The van der Waals surface area contributed by atoms with E-state index in [-0.39, 0.29) is 5.41 Å². The molecule has 0 unspecified atom stereocenters. The Labute approximate surface area is 283 Å². The van der Waals surface area contributed by atoms with Gasteiger partial charge in [0.05, 0.1) is 33.7 Å². The Hall–Kier alpha value is -6.51. The lowest BCUT2D eigenvalue weighted by Gasteiger charge is -2.22. The van der Waals surface area contributed by atoms with Gasteiger partial charge in [0.2, 0.25) is 0 Å². The molecule has 1 aliphatic rings. The maximum atomic E-state index is 9.65. The van der Waals surface area contributed by atoms with E-state index in [1.807, 2.05) is 12.1 Å². The highest BCUT2D eigenvalue weighted by Crippen LogP contribution is 2.50. The fourth-order valence-electron chi connectivity index (χ4n) is 8.07. The van der Waals surface area contributed by atoms with Gasteiger partial charge in [0.25, 0.3) is 0 Å². The summed E-state index contributed by atoms with van der Waals surface area (Å²) in [6, 6.07) is 51.2. The quantitative estimate of drug-likeness (QED) is 0.196. The SMILES string of the molecule is CC1(C)c2cc(C#N)ccc2-c2ccc(-c3nc(-n4c5ccccc5c5ccccc54)cc(-n4c5ccccc5c5ccccc54)n3)cc21. The molecule has 0 radical (unpaired) electrons. The van der Waals surface area contributed by atoms with E-state index in [9.17, 15) is 5.26 Å². The molecule has 0 atom stereocenters. The molecule has 5 nitrogen and oxygen atoms in total. The summed E-state index contributed by atoms with van der Waals surface area (Å²) in [6.45, 7) is 4.48. The molecular weight excluding hydrogens is 599 g/mol. The fourth-order valence-corrected chi connectivity index (χ4v) is 8.07. The van der Waals surface area contributed by atoms with Gasteiger partial charge in [-0.3, -0.25) is 9.13 Å². The summed E-state index contributed by atoms with van der Waals surface area (Å²) in [4.78, 5) is 10.7. The lowest BCUT2D eigenvalue weighted by Crippen LogP contribution is -2.15. The Morgan fingerprint density at radius 1 is 0.510 bits per heavy atom. The molecule has 0 amide bonds. The number of nitrogens with zero attached hydrogens (tertiary/aromatic N) is 5. The van der Waals surface area contributed by atoms with Crippen LogP contribution in [0.4, 0.5) is 0 Å². The first-order valence-corrected chi connectivity index (χ1v) is 16.6. The lowest BCUT2D eigenvalue weighted by molar-refractivity contribution is 0.660. The minimum absolute atomic E-state index is 0.284. The lowest BCUT2D eigenvalue weighted by atomic mass is 9.81. The molecule has 0 aliphatic heterocycles. The Morgan fingerprint density at radius 3 is 1.41 bits per heavy atom. The van der Waals surface area contributed by atoms with Crippen LogP contribution in [0.25, 0.3) is 77.8 Å². The molecule has 230 valence electrons. The average molecular weight is 628 g/mol. The molecule has 1 aliphatic carbocycles. The summed E-state index contributed by atoms with van der Waals surface area (Å²) in [5.41, 5.74) is 10.5. The van der Waals surface area contributed by atoms with E-state index in [1.165, 1.54) is 43.8 Å². The van der Waals surface area contributed by atoms with Crippen LogP contribution in [0, 0.1) is 11.3 Å². The first kappa shape index (κ1) is 27.6. The van der Waals surface area contributed by atoms with Gasteiger partial charge in [-0.25, -0.2) is 9.97 Å². The second-order valence-corrected chi connectivity index (χ2v) is 13.4. The van der Waals surface area contributed by atoms with Crippen molar-refractivity contribution in [1.82, 2.24) is 19.1 Å². The number of para-hydroxylation sites is 4. The van der Waals surface area contributed by atoms with Crippen molar-refractivity contribution >= 4 is 43.6 Å². The highest BCUT2D eigenvalue weighted by Gasteiger charge is 2.36. The maximum Gasteiger partial charge on any atom is 0.163 e. The third-order valence-electron chi connectivity index (χ3n) is 10.4. The van der Waals surface area contributed by atoms with Crippen molar-refractivity contribution in [3.63, 3.8) is 0 Å². The van der Waals surface area contributed by atoms with E-state index in [0.717, 1.165) is 39.3 Å². The fraction of sp³-hybridized carbons (Fsp3) is 0.0682. The number of aromatic nitrogens is 4. The van der Waals surface area contributed by atoms with Crippen molar-refractivity contribution in [2.45, 2.75) is 19.3 Å². The Bertz CT molecular complexity index is 2640. The van der Waals surface area contributed by atoms with Crippen molar-refractivity contribution in [1.29, 1.82) is 5.26 Å².